The van der Waals surface area contributed by atoms with E-state index >= 15 is 0 Å². The van der Waals surface area contributed by atoms with E-state index in [1.165, 1.54) is 16.9 Å². The van der Waals surface area contributed by atoms with Crippen LogP contribution in [0.5, 0.6) is 17.4 Å². The number of benzene rings is 1. The first kappa shape index (κ1) is 19.7. The number of nitrogens with zero attached hydrogens (tertiary/aromatic N) is 3. The van der Waals surface area contributed by atoms with Crippen molar-refractivity contribution in [2.75, 3.05) is 33.4 Å². The molecule has 158 valence electrons. The molecule has 30 heavy (non-hydrogen) atoms. The maximum Gasteiger partial charge on any atom is 0.231 e. The van der Waals surface area contributed by atoms with Gasteiger partial charge in [0.2, 0.25) is 5.88 Å². The summed E-state index contributed by atoms with van der Waals surface area (Å²) in [5, 5.41) is 1.09. The Morgan fingerprint density at radius 3 is 2.87 bits per heavy atom. The summed E-state index contributed by atoms with van der Waals surface area (Å²) in [7, 11) is 1.67. The predicted molar refractivity (Wildman–Crippen MR) is 118 cm³/mol. The summed E-state index contributed by atoms with van der Waals surface area (Å²) in [5.41, 5.74) is 1.38. The number of fused-ring (bicyclic) bond motifs is 3. The van der Waals surface area contributed by atoms with Gasteiger partial charge in [0, 0.05) is 24.0 Å². The van der Waals surface area contributed by atoms with E-state index in [9.17, 15) is 0 Å². The fourth-order valence-corrected chi connectivity index (χ4v) is 5.62. The van der Waals surface area contributed by atoms with E-state index in [1.807, 2.05) is 35.6 Å². The fraction of sp³-hybridized carbons (Fsp3) is 0.478. The number of ether oxygens (including phenoxy) is 3. The average molecular weight is 426 g/mol. The molecule has 5 rings (SSSR count). The standard InChI is InChI=1S/C23H27N3O3S/c1-15-6-7-18-19(12-15)30-23-21(18)22(29-17-5-3-4-16(13-17)27-2)24-20(25-23)14-26-8-10-28-11-9-26/h3-5,13,15H,6-12,14H2,1-2H3/t15-/m1/s1. The molecule has 0 spiro atoms. The van der Waals surface area contributed by atoms with Crippen LogP contribution in [-0.2, 0) is 24.1 Å². The zero-order chi connectivity index (χ0) is 20.5. The van der Waals surface area contributed by atoms with Crippen LogP contribution in [0.1, 0.15) is 29.6 Å². The summed E-state index contributed by atoms with van der Waals surface area (Å²) < 4.78 is 17.2. The van der Waals surface area contributed by atoms with E-state index in [4.69, 9.17) is 24.2 Å². The Bertz CT molecular complexity index is 1050. The maximum atomic E-state index is 6.35. The van der Waals surface area contributed by atoms with Crippen molar-refractivity contribution in [3.8, 4) is 17.4 Å². The molecule has 1 aliphatic heterocycles. The highest BCUT2D eigenvalue weighted by atomic mass is 32.1. The van der Waals surface area contributed by atoms with Gasteiger partial charge in [0.25, 0.3) is 0 Å². The number of hydrogen-bond donors (Lipinski definition) is 0. The van der Waals surface area contributed by atoms with Crippen molar-refractivity contribution in [1.29, 1.82) is 0 Å². The van der Waals surface area contributed by atoms with Crippen LogP contribution in [0.25, 0.3) is 10.2 Å². The first-order valence-electron chi connectivity index (χ1n) is 10.6. The quantitative estimate of drug-likeness (QED) is 0.602. The third kappa shape index (κ3) is 4.02. The van der Waals surface area contributed by atoms with Crippen molar-refractivity contribution in [3.63, 3.8) is 0 Å². The number of rotatable bonds is 5. The van der Waals surface area contributed by atoms with Crippen LogP contribution in [-0.4, -0.2) is 48.3 Å². The number of aryl methyl sites for hydroxylation is 1. The second-order valence-corrected chi connectivity index (χ2v) is 9.23. The number of morpholine rings is 1. The molecule has 0 N–H and O–H groups in total. The molecule has 0 saturated carbocycles. The van der Waals surface area contributed by atoms with Gasteiger partial charge in [-0.25, -0.2) is 4.98 Å². The Balaban J connectivity index is 1.55. The molecular formula is C23H27N3O3S. The number of methoxy groups -OCH3 is 1. The Morgan fingerprint density at radius 1 is 1.20 bits per heavy atom. The smallest absolute Gasteiger partial charge is 0.231 e. The lowest BCUT2D eigenvalue weighted by Crippen LogP contribution is -2.36. The molecule has 1 fully saturated rings. The molecule has 3 heterocycles. The van der Waals surface area contributed by atoms with Crippen LogP contribution in [0.15, 0.2) is 24.3 Å². The fourth-order valence-electron chi connectivity index (χ4n) is 4.23. The van der Waals surface area contributed by atoms with E-state index in [-0.39, 0.29) is 0 Å². The summed E-state index contributed by atoms with van der Waals surface area (Å²) in [4.78, 5) is 14.7. The lowest BCUT2D eigenvalue weighted by molar-refractivity contribution is 0.0330. The van der Waals surface area contributed by atoms with Gasteiger partial charge < -0.3 is 14.2 Å². The second kappa shape index (κ2) is 8.49. The van der Waals surface area contributed by atoms with E-state index in [0.29, 0.717) is 18.3 Å². The minimum atomic E-state index is 0.670. The van der Waals surface area contributed by atoms with Crippen LogP contribution in [0, 0.1) is 5.92 Å². The Kier molecular flexibility index (Phi) is 5.58. The van der Waals surface area contributed by atoms with E-state index < -0.39 is 0 Å². The van der Waals surface area contributed by atoms with Gasteiger partial charge in [-0.1, -0.05) is 13.0 Å². The van der Waals surface area contributed by atoms with Gasteiger partial charge in [0.05, 0.1) is 32.3 Å². The highest BCUT2D eigenvalue weighted by Crippen LogP contribution is 2.42. The molecular weight excluding hydrogens is 398 g/mol. The summed E-state index contributed by atoms with van der Waals surface area (Å²) in [6, 6.07) is 7.70. The molecule has 6 nitrogen and oxygen atoms in total. The third-order valence-electron chi connectivity index (χ3n) is 5.89. The van der Waals surface area contributed by atoms with E-state index in [2.05, 4.69) is 11.8 Å². The minimum absolute atomic E-state index is 0.670. The number of aromatic nitrogens is 2. The predicted octanol–water partition coefficient (Wildman–Crippen LogP) is 4.45. The van der Waals surface area contributed by atoms with Crippen LogP contribution in [0.3, 0.4) is 0 Å². The second-order valence-electron chi connectivity index (χ2n) is 8.15. The molecule has 0 amide bonds. The molecule has 7 heteroatoms. The summed E-state index contributed by atoms with van der Waals surface area (Å²) in [5.74, 6) is 3.70. The van der Waals surface area contributed by atoms with Crippen LogP contribution < -0.4 is 9.47 Å². The first-order valence-corrected chi connectivity index (χ1v) is 11.4. The summed E-state index contributed by atoms with van der Waals surface area (Å²) in [6.07, 6.45) is 3.39. The van der Waals surface area contributed by atoms with Crippen LogP contribution >= 0.6 is 11.3 Å². The third-order valence-corrected chi connectivity index (χ3v) is 7.04. The zero-order valence-electron chi connectivity index (χ0n) is 17.5. The molecule has 1 aliphatic carbocycles. The number of hydrogen-bond acceptors (Lipinski definition) is 7. The van der Waals surface area contributed by atoms with Crippen LogP contribution in [0.2, 0.25) is 0 Å². The van der Waals surface area contributed by atoms with Crippen molar-refractivity contribution in [2.24, 2.45) is 5.92 Å². The largest absolute Gasteiger partial charge is 0.497 e. The lowest BCUT2D eigenvalue weighted by Gasteiger charge is -2.25. The Hall–Kier alpha value is -2.22. The van der Waals surface area contributed by atoms with Crippen molar-refractivity contribution in [2.45, 2.75) is 32.7 Å². The molecule has 2 aliphatic rings. The van der Waals surface area contributed by atoms with Gasteiger partial charge in [-0.15, -0.1) is 11.3 Å². The van der Waals surface area contributed by atoms with Gasteiger partial charge in [0.1, 0.15) is 22.2 Å². The van der Waals surface area contributed by atoms with Gasteiger partial charge >= 0.3 is 0 Å². The van der Waals surface area contributed by atoms with Crippen molar-refractivity contribution < 1.29 is 14.2 Å². The highest BCUT2D eigenvalue weighted by molar-refractivity contribution is 7.18. The first-order chi connectivity index (χ1) is 14.7. The lowest BCUT2D eigenvalue weighted by atomic mass is 9.89. The zero-order valence-corrected chi connectivity index (χ0v) is 18.3. The van der Waals surface area contributed by atoms with Gasteiger partial charge in [-0.05, 0) is 42.9 Å². The normalized spacial score (nSPS) is 19.6. The van der Waals surface area contributed by atoms with Crippen molar-refractivity contribution in [1.82, 2.24) is 14.9 Å². The molecule has 2 aromatic heterocycles. The van der Waals surface area contributed by atoms with Gasteiger partial charge in [-0.2, -0.15) is 4.98 Å². The summed E-state index contributed by atoms with van der Waals surface area (Å²) in [6.45, 7) is 6.39. The maximum absolute atomic E-state index is 6.35. The topological polar surface area (TPSA) is 56.7 Å². The molecule has 1 atom stereocenters. The number of thiophene rings is 1. The molecule has 0 radical (unpaired) electrons. The van der Waals surface area contributed by atoms with Gasteiger partial charge in [-0.3, -0.25) is 4.90 Å². The molecule has 1 aromatic carbocycles. The molecule has 0 unspecified atom stereocenters. The van der Waals surface area contributed by atoms with Crippen molar-refractivity contribution >= 4 is 21.6 Å². The SMILES string of the molecule is COc1cccc(Oc2nc(CN3CCOCC3)nc3sc4c(c23)CC[C@@H](C)C4)c1. The monoisotopic (exact) mass is 425 g/mol. The molecule has 0 bridgehead atoms. The Labute approximate surface area is 180 Å². The van der Waals surface area contributed by atoms with E-state index in [1.54, 1.807) is 7.11 Å². The molecule has 1 saturated heterocycles. The van der Waals surface area contributed by atoms with Crippen LogP contribution in [0.4, 0.5) is 0 Å². The average Bonchev–Trinajstić information content (AvgIpc) is 3.12. The highest BCUT2D eigenvalue weighted by Gasteiger charge is 2.25. The van der Waals surface area contributed by atoms with Gasteiger partial charge in [0.15, 0.2) is 0 Å². The van der Waals surface area contributed by atoms with Crippen molar-refractivity contribution in [3.05, 3.63) is 40.5 Å². The minimum Gasteiger partial charge on any atom is -0.497 e. The Morgan fingerprint density at radius 2 is 2.03 bits per heavy atom. The summed E-state index contributed by atoms with van der Waals surface area (Å²) >= 11 is 1.81. The molecule has 3 aromatic rings. The van der Waals surface area contributed by atoms with E-state index in [0.717, 1.165) is 66.7 Å².